The van der Waals surface area contributed by atoms with E-state index in [0.29, 0.717) is 0 Å². The summed E-state index contributed by atoms with van der Waals surface area (Å²) in [5, 5.41) is 23.1. The Morgan fingerprint density at radius 2 is 1.33 bits per heavy atom. The van der Waals surface area contributed by atoms with Crippen LogP contribution in [0.1, 0.15) is 21.0 Å². The molecule has 0 aliphatic carbocycles. The highest BCUT2D eigenvalue weighted by atomic mass is 16.4. The fourth-order valence-corrected chi connectivity index (χ4v) is 0.560. The second-order valence-electron chi connectivity index (χ2n) is 1.91. The fourth-order valence-electron chi connectivity index (χ4n) is 0.560. The Kier molecular flexibility index (Phi) is 2.00. The lowest BCUT2D eigenvalue weighted by Crippen LogP contribution is -2.06. The van der Waals surface area contributed by atoms with Gasteiger partial charge in [0.05, 0.1) is 0 Å². The van der Waals surface area contributed by atoms with Crippen molar-refractivity contribution < 1.29 is 19.8 Å². The van der Waals surface area contributed by atoms with Gasteiger partial charge < -0.3 is 10.2 Å². The van der Waals surface area contributed by atoms with Gasteiger partial charge in [0.15, 0.2) is 11.4 Å². The first kappa shape index (κ1) is 8.12. The summed E-state index contributed by atoms with van der Waals surface area (Å²) in [6.07, 6.45) is 0. The quantitative estimate of drug-likeness (QED) is 0.638. The molecule has 1 aromatic rings. The van der Waals surface area contributed by atoms with E-state index in [1.54, 1.807) is 0 Å². The Bertz CT molecular complexity index is 286. The minimum atomic E-state index is -1.24. The van der Waals surface area contributed by atoms with Crippen molar-refractivity contribution in [1.82, 2.24) is 10.2 Å². The van der Waals surface area contributed by atoms with Gasteiger partial charge in [-0.25, -0.2) is 9.59 Å². The lowest BCUT2D eigenvalue weighted by Gasteiger charge is -1.92. The first-order valence-corrected chi connectivity index (χ1v) is 2.91. The average molecular weight is 168 g/mol. The molecular weight excluding hydrogens is 164 g/mol. The Hall–Kier alpha value is -1.98. The number of aromatic carboxylic acids is 2. The Labute approximate surface area is 66.5 Å². The molecule has 1 aromatic heterocycles. The molecule has 0 aromatic carbocycles. The summed E-state index contributed by atoms with van der Waals surface area (Å²) in [5.41, 5.74) is -0.556. The van der Waals surface area contributed by atoms with Crippen LogP contribution in [0.25, 0.3) is 0 Å². The first-order chi connectivity index (χ1) is 5.61. The van der Waals surface area contributed by atoms with Crippen LogP contribution in [0.2, 0.25) is 0 Å². The minimum absolute atomic E-state index is 0.278. The lowest BCUT2D eigenvalue weighted by atomic mass is 10.3. The molecule has 1 rings (SSSR count). The van der Waals surface area contributed by atoms with Crippen LogP contribution in [0.4, 0.5) is 0 Å². The normalized spacial score (nSPS) is 9.33. The zero-order valence-electron chi connectivity index (χ0n) is 5.76. The molecule has 1 heterocycles. The van der Waals surface area contributed by atoms with E-state index in [9.17, 15) is 9.59 Å². The molecular formula is C6H4N2O4. The molecule has 62 valence electrons. The molecule has 0 radical (unpaired) electrons. The summed E-state index contributed by atoms with van der Waals surface area (Å²) in [5.74, 6) is -2.47. The lowest BCUT2D eigenvalue weighted by molar-refractivity contribution is 0.0668. The highest BCUT2D eigenvalue weighted by Gasteiger charge is 2.08. The average Bonchev–Trinajstić information content (AvgIpc) is 2.04. The fraction of sp³-hybridized carbons (Fsp3) is 0. The van der Waals surface area contributed by atoms with Gasteiger partial charge in [0.2, 0.25) is 0 Å². The summed E-state index contributed by atoms with van der Waals surface area (Å²) in [6.45, 7) is 0. The van der Waals surface area contributed by atoms with E-state index < -0.39 is 11.9 Å². The molecule has 0 saturated carbocycles. The van der Waals surface area contributed by atoms with Crippen LogP contribution in [0.3, 0.4) is 0 Å². The van der Waals surface area contributed by atoms with Crippen LogP contribution < -0.4 is 0 Å². The van der Waals surface area contributed by atoms with Crippen molar-refractivity contribution in [3.05, 3.63) is 23.5 Å². The number of hydrogen-bond donors (Lipinski definition) is 2. The maximum Gasteiger partial charge on any atom is 0.356 e. The predicted molar refractivity (Wildman–Crippen MR) is 36.0 cm³/mol. The molecule has 0 atom stereocenters. The molecule has 0 bridgehead atoms. The molecule has 0 unspecified atom stereocenters. The molecule has 0 saturated heterocycles. The van der Waals surface area contributed by atoms with Gasteiger partial charge >= 0.3 is 11.9 Å². The van der Waals surface area contributed by atoms with Gasteiger partial charge in [0.25, 0.3) is 0 Å². The number of carboxylic acids is 2. The highest BCUT2D eigenvalue weighted by Crippen LogP contribution is 1.95. The van der Waals surface area contributed by atoms with Crippen molar-refractivity contribution in [1.29, 1.82) is 0 Å². The molecule has 2 N–H and O–H groups in total. The number of nitrogens with zero attached hydrogens (tertiary/aromatic N) is 2. The van der Waals surface area contributed by atoms with Crippen LogP contribution in [0.5, 0.6) is 0 Å². The van der Waals surface area contributed by atoms with Crippen molar-refractivity contribution in [2.24, 2.45) is 0 Å². The monoisotopic (exact) mass is 168 g/mol. The summed E-state index contributed by atoms with van der Waals surface area (Å²) in [6, 6.07) is 2.16. The third-order valence-corrected chi connectivity index (χ3v) is 1.10. The predicted octanol–water partition coefficient (Wildman–Crippen LogP) is -0.127. The minimum Gasteiger partial charge on any atom is -0.476 e. The van der Waals surface area contributed by atoms with Crippen molar-refractivity contribution in [2.45, 2.75) is 0 Å². The standard InChI is InChI=1S/C6H4N2O4/c9-5(10)3-1-2-4(6(11)12)8-7-3/h1-2H,(H,9,10)(H,11,12). The second kappa shape index (κ2) is 2.95. The maximum atomic E-state index is 10.2. The number of hydrogen-bond acceptors (Lipinski definition) is 4. The molecule has 0 aliphatic heterocycles. The van der Waals surface area contributed by atoms with Crippen LogP contribution in [0, 0.1) is 0 Å². The van der Waals surface area contributed by atoms with Crippen molar-refractivity contribution in [3.63, 3.8) is 0 Å². The summed E-state index contributed by atoms with van der Waals surface area (Å²) < 4.78 is 0. The summed E-state index contributed by atoms with van der Waals surface area (Å²) >= 11 is 0. The van der Waals surface area contributed by atoms with E-state index in [2.05, 4.69) is 10.2 Å². The van der Waals surface area contributed by atoms with Crippen molar-refractivity contribution in [3.8, 4) is 0 Å². The van der Waals surface area contributed by atoms with E-state index in [0.717, 1.165) is 12.1 Å². The summed E-state index contributed by atoms with van der Waals surface area (Å²) in [7, 11) is 0. The molecule has 0 aliphatic rings. The van der Waals surface area contributed by atoms with Gasteiger partial charge in [-0.3, -0.25) is 0 Å². The van der Waals surface area contributed by atoms with Gasteiger partial charge in [0.1, 0.15) is 0 Å². The van der Waals surface area contributed by atoms with E-state index in [-0.39, 0.29) is 11.4 Å². The van der Waals surface area contributed by atoms with Crippen LogP contribution in [0.15, 0.2) is 12.1 Å². The number of aromatic nitrogens is 2. The topological polar surface area (TPSA) is 100 Å². The third kappa shape index (κ3) is 1.54. The largest absolute Gasteiger partial charge is 0.476 e. The molecule has 0 amide bonds. The molecule has 6 nitrogen and oxygen atoms in total. The van der Waals surface area contributed by atoms with Crippen LogP contribution >= 0.6 is 0 Å². The number of carbonyl (C=O) groups is 2. The Morgan fingerprint density at radius 3 is 1.50 bits per heavy atom. The second-order valence-corrected chi connectivity index (χ2v) is 1.91. The van der Waals surface area contributed by atoms with Crippen molar-refractivity contribution in [2.75, 3.05) is 0 Å². The van der Waals surface area contributed by atoms with Gasteiger partial charge in [-0.1, -0.05) is 0 Å². The molecule has 0 spiro atoms. The van der Waals surface area contributed by atoms with E-state index in [4.69, 9.17) is 10.2 Å². The smallest absolute Gasteiger partial charge is 0.356 e. The van der Waals surface area contributed by atoms with E-state index in [1.165, 1.54) is 0 Å². The van der Waals surface area contributed by atoms with Gasteiger partial charge in [0, 0.05) is 0 Å². The third-order valence-electron chi connectivity index (χ3n) is 1.10. The van der Waals surface area contributed by atoms with E-state index >= 15 is 0 Å². The first-order valence-electron chi connectivity index (χ1n) is 2.91. The van der Waals surface area contributed by atoms with Crippen LogP contribution in [-0.4, -0.2) is 32.3 Å². The van der Waals surface area contributed by atoms with Gasteiger partial charge in [-0.2, -0.15) is 0 Å². The van der Waals surface area contributed by atoms with Gasteiger partial charge in [-0.15, -0.1) is 10.2 Å². The summed E-state index contributed by atoms with van der Waals surface area (Å²) in [4.78, 5) is 20.5. The van der Waals surface area contributed by atoms with E-state index in [1.807, 2.05) is 0 Å². The zero-order valence-corrected chi connectivity index (χ0v) is 5.76. The number of rotatable bonds is 2. The zero-order chi connectivity index (χ0) is 9.14. The van der Waals surface area contributed by atoms with Crippen molar-refractivity contribution >= 4 is 11.9 Å². The Balaban J connectivity index is 3.01. The number of carboxylic acid groups (broad SMARTS) is 2. The molecule has 0 fully saturated rings. The molecule has 12 heavy (non-hydrogen) atoms. The van der Waals surface area contributed by atoms with Gasteiger partial charge in [-0.05, 0) is 12.1 Å². The maximum absolute atomic E-state index is 10.2. The SMILES string of the molecule is O=C(O)c1ccc(C(=O)O)nn1. The Morgan fingerprint density at radius 1 is 1.00 bits per heavy atom. The van der Waals surface area contributed by atoms with Crippen LogP contribution in [-0.2, 0) is 0 Å². The molecule has 6 heteroatoms. The highest BCUT2D eigenvalue weighted by molar-refractivity contribution is 5.87.